The van der Waals surface area contributed by atoms with Gasteiger partial charge in [-0.25, -0.2) is 0 Å². The van der Waals surface area contributed by atoms with E-state index in [4.69, 9.17) is 5.73 Å². The van der Waals surface area contributed by atoms with Crippen molar-refractivity contribution in [2.24, 2.45) is 11.7 Å². The molecular formula is C13H24N2O. The van der Waals surface area contributed by atoms with Crippen molar-refractivity contribution in [3.05, 3.63) is 11.6 Å². The summed E-state index contributed by atoms with van der Waals surface area (Å²) >= 11 is 0. The summed E-state index contributed by atoms with van der Waals surface area (Å²) < 4.78 is 0. The van der Waals surface area contributed by atoms with Crippen LogP contribution in [-0.4, -0.2) is 19.0 Å². The highest BCUT2D eigenvalue weighted by atomic mass is 16.1. The lowest BCUT2D eigenvalue weighted by atomic mass is 10.0. The largest absolute Gasteiger partial charge is 0.356 e. The summed E-state index contributed by atoms with van der Waals surface area (Å²) in [7, 11) is 0. The first-order valence-electron chi connectivity index (χ1n) is 6.39. The first-order chi connectivity index (χ1) is 7.74. The first-order valence-corrected chi connectivity index (χ1v) is 6.39. The molecule has 0 bridgehead atoms. The van der Waals surface area contributed by atoms with Crippen molar-refractivity contribution < 1.29 is 4.79 Å². The van der Waals surface area contributed by atoms with Gasteiger partial charge in [-0.15, -0.1) is 0 Å². The zero-order valence-corrected chi connectivity index (χ0v) is 10.3. The summed E-state index contributed by atoms with van der Waals surface area (Å²) in [4.78, 5) is 11.7. The highest BCUT2D eigenvalue weighted by molar-refractivity contribution is 5.78. The highest BCUT2D eigenvalue weighted by Crippen LogP contribution is 2.19. The minimum Gasteiger partial charge on any atom is -0.356 e. The lowest BCUT2D eigenvalue weighted by molar-refractivity contribution is -0.124. The monoisotopic (exact) mass is 224 g/mol. The summed E-state index contributed by atoms with van der Waals surface area (Å²) in [6, 6.07) is 0. The Bertz CT molecular complexity index is 248. The van der Waals surface area contributed by atoms with Gasteiger partial charge in [0.05, 0.1) is 0 Å². The maximum Gasteiger partial charge on any atom is 0.222 e. The Kier molecular flexibility index (Phi) is 6.16. The summed E-state index contributed by atoms with van der Waals surface area (Å²) in [6.45, 7) is 3.43. The number of nitrogens with two attached hydrogens (primary N) is 1. The van der Waals surface area contributed by atoms with Crippen LogP contribution in [0, 0.1) is 5.92 Å². The van der Waals surface area contributed by atoms with E-state index in [9.17, 15) is 4.79 Å². The van der Waals surface area contributed by atoms with Crippen LogP contribution in [0.1, 0.15) is 45.4 Å². The Hall–Kier alpha value is -0.830. The van der Waals surface area contributed by atoms with Crippen molar-refractivity contribution in [2.45, 2.75) is 45.4 Å². The van der Waals surface area contributed by atoms with Crippen LogP contribution in [0.15, 0.2) is 11.6 Å². The van der Waals surface area contributed by atoms with Gasteiger partial charge in [0.1, 0.15) is 0 Å². The zero-order chi connectivity index (χ0) is 11.8. The van der Waals surface area contributed by atoms with Gasteiger partial charge in [0.15, 0.2) is 0 Å². The molecule has 0 fully saturated rings. The Morgan fingerprint density at radius 3 is 3.06 bits per heavy atom. The smallest absolute Gasteiger partial charge is 0.222 e. The second-order valence-electron chi connectivity index (χ2n) is 4.63. The maximum atomic E-state index is 11.7. The molecule has 3 N–H and O–H groups in total. The topological polar surface area (TPSA) is 55.1 Å². The van der Waals surface area contributed by atoms with Crippen molar-refractivity contribution in [3.8, 4) is 0 Å². The Labute approximate surface area is 98.5 Å². The first kappa shape index (κ1) is 13.2. The predicted molar refractivity (Wildman–Crippen MR) is 67.0 cm³/mol. The Balaban J connectivity index is 2.09. The van der Waals surface area contributed by atoms with E-state index in [0.29, 0.717) is 6.54 Å². The number of amides is 1. The molecule has 16 heavy (non-hydrogen) atoms. The number of nitrogens with one attached hydrogen (secondary N) is 1. The molecule has 0 aromatic carbocycles. The second-order valence-corrected chi connectivity index (χ2v) is 4.63. The molecule has 0 aromatic rings. The number of rotatable bonds is 7. The van der Waals surface area contributed by atoms with Gasteiger partial charge >= 0.3 is 0 Å². The van der Waals surface area contributed by atoms with E-state index in [0.717, 1.165) is 25.8 Å². The second kappa shape index (κ2) is 7.44. The van der Waals surface area contributed by atoms with Gasteiger partial charge in [-0.1, -0.05) is 18.6 Å². The number of allylic oxidation sites excluding steroid dienone is 1. The Morgan fingerprint density at radius 1 is 1.62 bits per heavy atom. The molecule has 92 valence electrons. The zero-order valence-electron chi connectivity index (χ0n) is 10.3. The molecular weight excluding hydrogens is 200 g/mol. The standard InChI is InChI=1S/C13H24N2O/c1-11(5-4-9-14)13(16)15-10-8-12-6-2-3-7-12/h6,11H,2-5,7-10,14H2,1H3,(H,15,16). The van der Waals surface area contributed by atoms with Gasteiger partial charge in [0, 0.05) is 12.5 Å². The van der Waals surface area contributed by atoms with Crippen LogP contribution in [0.25, 0.3) is 0 Å². The average molecular weight is 224 g/mol. The lowest BCUT2D eigenvalue weighted by Crippen LogP contribution is -2.30. The quantitative estimate of drug-likeness (QED) is 0.650. The van der Waals surface area contributed by atoms with Gasteiger partial charge < -0.3 is 11.1 Å². The van der Waals surface area contributed by atoms with Crippen molar-refractivity contribution >= 4 is 5.91 Å². The normalized spacial score (nSPS) is 17.0. The fraction of sp³-hybridized carbons (Fsp3) is 0.769. The maximum absolute atomic E-state index is 11.7. The molecule has 0 saturated heterocycles. The van der Waals surface area contributed by atoms with Gasteiger partial charge in [-0.2, -0.15) is 0 Å². The molecule has 0 aliphatic heterocycles. The van der Waals surface area contributed by atoms with Crippen LogP contribution in [0.5, 0.6) is 0 Å². The summed E-state index contributed by atoms with van der Waals surface area (Å²) in [5.74, 6) is 0.271. The molecule has 0 spiro atoms. The van der Waals surface area contributed by atoms with Crippen molar-refractivity contribution in [1.82, 2.24) is 5.32 Å². The fourth-order valence-electron chi connectivity index (χ4n) is 2.04. The van der Waals surface area contributed by atoms with Crippen LogP contribution >= 0.6 is 0 Å². The van der Waals surface area contributed by atoms with E-state index in [-0.39, 0.29) is 11.8 Å². The Morgan fingerprint density at radius 2 is 2.44 bits per heavy atom. The summed E-state index contributed by atoms with van der Waals surface area (Å²) in [6.07, 6.45) is 8.88. The van der Waals surface area contributed by atoms with Crippen LogP contribution in [-0.2, 0) is 4.79 Å². The van der Waals surface area contributed by atoms with Crippen LogP contribution in [0.4, 0.5) is 0 Å². The molecule has 0 saturated carbocycles. The van der Waals surface area contributed by atoms with E-state index in [1.165, 1.54) is 24.8 Å². The van der Waals surface area contributed by atoms with Crippen LogP contribution in [0.3, 0.4) is 0 Å². The summed E-state index contributed by atoms with van der Waals surface area (Å²) in [5.41, 5.74) is 6.93. The molecule has 3 heteroatoms. The molecule has 0 radical (unpaired) electrons. The number of carbonyl (C=O) groups excluding carboxylic acids is 1. The van der Waals surface area contributed by atoms with E-state index >= 15 is 0 Å². The van der Waals surface area contributed by atoms with E-state index in [1.807, 2.05) is 6.92 Å². The van der Waals surface area contributed by atoms with Gasteiger partial charge in [-0.3, -0.25) is 4.79 Å². The van der Waals surface area contributed by atoms with Crippen molar-refractivity contribution in [1.29, 1.82) is 0 Å². The average Bonchev–Trinajstić information content (AvgIpc) is 2.78. The molecule has 3 nitrogen and oxygen atoms in total. The molecule has 1 aliphatic carbocycles. The van der Waals surface area contributed by atoms with E-state index in [2.05, 4.69) is 11.4 Å². The number of carbonyl (C=O) groups is 1. The van der Waals surface area contributed by atoms with Crippen molar-refractivity contribution in [3.63, 3.8) is 0 Å². The minimum absolute atomic E-state index is 0.0982. The number of hydrogen-bond acceptors (Lipinski definition) is 2. The third kappa shape index (κ3) is 4.79. The minimum atomic E-state index is 0.0982. The van der Waals surface area contributed by atoms with Gasteiger partial charge in [0.2, 0.25) is 5.91 Å². The fourth-order valence-corrected chi connectivity index (χ4v) is 2.04. The molecule has 1 rings (SSSR count). The van der Waals surface area contributed by atoms with Crippen LogP contribution in [0.2, 0.25) is 0 Å². The summed E-state index contributed by atoms with van der Waals surface area (Å²) in [5, 5.41) is 3.00. The third-order valence-electron chi connectivity index (χ3n) is 3.17. The molecule has 1 aliphatic rings. The SMILES string of the molecule is CC(CCCN)C(=O)NCCC1=CCCC1. The molecule has 1 atom stereocenters. The highest BCUT2D eigenvalue weighted by Gasteiger charge is 2.11. The number of hydrogen-bond donors (Lipinski definition) is 2. The van der Waals surface area contributed by atoms with Crippen molar-refractivity contribution in [2.75, 3.05) is 13.1 Å². The lowest BCUT2D eigenvalue weighted by Gasteiger charge is -2.11. The molecule has 0 aromatic heterocycles. The third-order valence-corrected chi connectivity index (χ3v) is 3.17. The van der Waals surface area contributed by atoms with E-state index < -0.39 is 0 Å². The molecule has 1 amide bonds. The van der Waals surface area contributed by atoms with E-state index in [1.54, 1.807) is 0 Å². The van der Waals surface area contributed by atoms with Gasteiger partial charge in [0.25, 0.3) is 0 Å². The van der Waals surface area contributed by atoms with Crippen LogP contribution < -0.4 is 11.1 Å². The molecule has 1 unspecified atom stereocenters. The van der Waals surface area contributed by atoms with Gasteiger partial charge in [-0.05, 0) is 45.1 Å². The predicted octanol–water partition coefficient (Wildman–Crippen LogP) is 1.98. The molecule has 0 heterocycles.